The molecule has 1 N–H and O–H groups in total. The fraction of sp³-hybridized carbons (Fsp3) is 0.250. The quantitative estimate of drug-likeness (QED) is 0.700. The van der Waals surface area contributed by atoms with Gasteiger partial charge in [0.15, 0.2) is 0 Å². The molecule has 0 radical (unpaired) electrons. The molecule has 5 nitrogen and oxygen atoms in total. The maximum atomic E-state index is 12.6. The second-order valence-electron chi connectivity index (χ2n) is 6.46. The molecule has 28 heavy (non-hydrogen) atoms. The number of alkyl halides is 3. The lowest BCUT2D eigenvalue weighted by atomic mass is 10.1. The molecule has 2 aromatic heterocycles. The minimum Gasteiger partial charge on any atom is -0.352 e. The number of amides is 1. The molecule has 1 amide bonds. The fourth-order valence-electron chi connectivity index (χ4n) is 2.72. The van der Waals surface area contributed by atoms with Gasteiger partial charge in [-0.2, -0.15) is 18.3 Å². The SMILES string of the molecule is Cn1cc(-c2cncc(CNC(=O)CCc3ccc(C(F)(F)F)cc3)c2)cn1. The number of nitrogens with one attached hydrogen (secondary N) is 1. The van der Waals surface area contributed by atoms with Gasteiger partial charge in [-0.15, -0.1) is 0 Å². The zero-order chi connectivity index (χ0) is 20.1. The Bertz CT molecular complexity index is 949. The molecule has 2 heterocycles. The third-order valence-corrected chi connectivity index (χ3v) is 4.24. The zero-order valence-corrected chi connectivity index (χ0v) is 15.2. The molecule has 0 saturated carbocycles. The number of halogens is 3. The van der Waals surface area contributed by atoms with E-state index in [-0.39, 0.29) is 12.3 Å². The van der Waals surface area contributed by atoms with Gasteiger partial charge in [-0.1, -0.05) is 12.1 Å². The molecule has 0 unspecified atom stereocenters. The first-order valence-corrected chi connectivity index (χ1v) is 8.67. The molecule has 3 aromatic rings. The van der Waals surface area contributed by atoms with Crippen LogP contribution in [0.2, 0.25) is 0 Å². The number of hydrogen-bond donors (Lipinski definition) is 1. The van der Waals surface area contributed by atoms with Crippen LogP contribution in [0.15, 0.2) is 55.1 Å². The van der Waals surface area contributed by atoms with Crippen LogP contribution < -0.4 is 5.32 Å². The summed E-state index contributed by atoms with van der Waals surface area (Å²) < 4.78 is 39.4. The smallest absolute Gasteiger partial charge is 0.352 e. The van der Waals surface area contributed by atoms with Crippen LogP contribution in [0.4, 0.5) is 13.2 Å². The van der Waals surface area contributed by atoms with Gasteiger partial charge in [0.05, 0.1) is 11.8 Å². The summed E-state index contributed by atoms with van der Waals surface area (Å²) >= 11 is 0. The molecule has 1 aromatic carbocycles. The third-order valence-electron chi connectivity index (χ3n) is 4.24. The van der Waals surface area contributed by atoms with Crippen LogP contribution in [0.1, 0.15) is 23.1 Å². The minimum atomic E-state index is -4.35. The van der Waals surface area contributed by atoms with Gasteiger partial charge in [-0.3, -0.25) is 14.5 Å². The van der Waals surface area contributed by atoms with E-state index in [9.17, 15) is 18.0 Å². The first kappa shape index (κ1) is 19.6. The van der Waals surface area contributed by atoms with E-state index in [0.29, 0.717) is 18.5 Å². The zero-order valence-electron chi connectivity index (χ0n) is 15.2. The predicted octanol–water partition coefficient (Wildman–Crippen LogP) is 3.75. The van der Waals surface area contributed by atoms with Crippen molar-refractivity contribution in [3.63, 3.8) is 0 Å². The maximum absolute atomic E-state index is 12.6. The molecular formula is C20H19F3N4O. The number of aromatic nitrogens is 3. The molecule has 0 bridgehead atoms. The van der Waals surface area contributed by atoms with Crippen LogP contribution in [-0.4, -0.2) is 20.7 Å². The normalized spacial score (nSPS) is 11.4. The largest absolute Gasteiger partial charge is 0.416 e. The second kappa shape index (κ2) is 8.24. The molecule has 0 fully saturated rings. The van der Waals surface area contributed by atoms with Crippen LogP contribution in [0.25, 0.3) is 11.1 Å². The van der Waals surface area contributed by atoms with Crippen molar-refractivity contribution in [2.45, 2.75) is 25.6 Å². The van der Waals surface area contributed by atoms with E-state index in [4.69, 9.17) is 0 Å². The number of nitrogens with zero attached hydrogens (tertiary/aromatic N) is 3. The Kier molecular flexibility index (Phi) is 5.77. The van der Waals surface area contributed by atoms with Gasteiger partial charge in [-0.05, 0) is 35.7 Å². The van der Waals surface area contributed by atoms with Gasteiger partial charge in [-0.25, -0.2) is 0 Å². The molecule has 0 aliphatic carbocycles. The number of aryl methyl sites for hydroxylation is 2. The van der Waals surface area contributed by atoms with E-state index >= 15 is 0 Å². The first-order valence-electron chi connectivity index (χ1n) is 8.67. The van der Waals surface area contributed by atoms with Crippen molar-refractivity contribution in [1.82, 2.24) is 20.1 Å². The fourth-order valence-corrected chi connectivity index (χ4v) is 2.72. The maximum Gasteiger partial charge on any atom is 0.416 e. The summed E-state index contributed by atoms with van der Waals surface area (Å²) in [5.74, 6) is -0.174. The highest BCUT2D eigenvalue weighted by molar-refractivity contribution is 5.76. The lowest BCUT2D eigenvalue weighted by molar-refractivity contribution is -0.137. The topological polar surface area (TPSA) is 59.8 Å². The van der Waals surface area contributed by atoms with E-state index in [0.717, 1.165) is 28.8 Å². The lowest BCUT2D eigenvalue weighted by Gasteiger charge is -2.08. The lowest BCUT2D eigenvalue weighted by Crippen LogP contribution is -2.23. The minimum absolute atomic E-state index is 0.174. The van der Waals surface area contributed by atoms with E-state index in [1.807, 2.05) is 19.3 Å². The van der Waals surface area contributed by atoms with Crippen LogP contribution in [0, 0.1) is 0 Å². The number of rotatable bonds is 6. The molecular weight excluding hydrogens is 369 g/mol. The summed E-state index contributed by atoms with van der Waals surface area (Å²) in [5.41, 5.74) is 2.68. The highest BCUT2D eigenvalue weighted by Gasteiger charge is 2.29. The second-order valence-corrected chi connectivity index (χ2v) is 6.46. The van der Waals surface area contributed by atoms with E-state index < -0.39 is 11.7 Å². The van der Waals surface area contributed by atoms with Crippen molar-refractivity contribution in [1.29, 1.82) is 0 Å². The Morgan fingerprint density at radius 2 is 1.82 bits per heavy atom. The first-order chi connectivity index (χ1) is 13.3. The number of benzene rings is 1. The predicted molar refractivity (Wildman–Crippen MR) is 98.1 cm³/mol. The molecule has 0 saturated heterocycles. The van der Waals surface area contributed by atoms with Crippen molar-refractivity contribution < 1.29 is 18.0 Å². The van der Waals surface area contributed by atoms with E-state index in [1.165, 1.54) is 12.1 Å². The van der Waals surface area contributed by atoms with Crippen molar-refractivity contribution in [2.75, 3.05) is 0 Å². The monoisotopic (exact) mass is 388 g/mol. The van der Waals surface area contributed by atoms with Crippen LogP contribution in [0.3, 0.4) is 0 Å². The molecule has 0 spiro atoms. The molecule has 3 rings (SSSR count). The van der Waals surface area contributed by atoms with Gasteiger partial charge in [0.25, 0.3) is 0 Å². The Balaban J connectivity index is 1.51. The number of pyridine rings is 1. The van der Waals surface area contributed by atoms with Crippen molar-refractivity contribution in [2.24, 2.45) is 7.05 Å². The highest BCUT2D eigenvalue weighted by atomic mass is 19.4. The Morgan fingerprint density at radius 1 is 1.07 bits per heavy atom. The van der Waals surface area contributed by atoms with Crippen LogP contribution in [-0.2, 0) is 31.0 Å². The highest BCUT2D eigenvalue weighted by Crippen LogP contribution is 2.29. The summed E-state index contributed by atoms with van der Waals surface area (Å²) in [6.07, 6.45) is 3.24. The van der Waals surface area contributed by atoms with Crippen LogP contribution in [0.5, 0.6) is 0 Å². The van der Waals surface area contributed by atoms with Crippen molar-refractivity contribution in [3.8, 4) is 11.1 Å². The molecule has 0 aliphatic rings. The summed E-state index contributed by atoms with van der Waals surface area (Å²) in [6.45, 7) is 0.326. The van der Waals surface area contributed by atoms with Crippen LogP contribution >= 0.6 is 0 Å². The summed E-state index contributed by atoms with van der Waals surface area (Å²) in [6, 6.07) is 6.79. The Morgan fingerprint density at radius 3 is 2.46 bits per heavy atom. The van der Waals surface area contributed by atoms with E-state index in [2.05, 4.69) is 15.4 Å². The van der Waals surface area contributed by atoms with Gasteiger partial charge < -0.3 is 5.32 Å². The van der Waals surface area contributed by atoms with Crippen molar-refractivity contribution in [3.05, 3.63) is 71.8 Å². The Hall–Kier alpha value is -3.16. The standard InChI is InChI=1S/C20H19F3N4O/c1-27-13-17(12-26-27)16-8-15(9-24-11-16)10-25-19(28)7-4-14-2-5-18(6-3-14)20(21,22)23/h2-3,5-6,8-9,11-13H,4,7,10H2,1H3,(H,25,28). The van der Waals surface area contributed by atoms with Gasteiger partial charge in [0.1, 0.15) is 0 Å². The summed E-state index contributed by atoms with van der Waals surface area (Å²) in [7, 11) is 1.83. The Labute approximate surface area is 160 Å². The van der Waals surface area contributed by atoms with Gasteiger partial charge in [0.2, 0.25) is 5.91 Å². The van der Waals surface area contributed by atoms with Gasteiger partial charge in [0, 0.05) is 49.7 Å². The van der Waals surface area contributed by atoms with Gasteiger partial charge >= 0.3 is 6.18 Å². The number of carbonyl (C=O) groups excluding carboxylic acids is 1. The number of hydrogen-bond acceptors (Lipinski definition) is 3. The molecule has 146 valence electrons. The van der Waals surface area contributed by atoms with Crippen molar-refractivity contribution >= 4 is 5.91 Å². The average Bonchev–Trinajstić information content (AvgIpc) is 3.11. The van der Waals surface area contributed by atoms with E-state index in [1.54, 1.807) is 23.3 Å². The molecule has 8 heteroatoms. The number of carbonyl (C=O) groups is 1. The molecule has 0 atom stereocenters. The average molecular weight is 388 g/mol. The summed E-state index contributed by atoms with van der Waals surface area (Å²) in [4.78, 5) is 16.2. The summed E-state index contributed by atoms with van der Waals surface area (Å²) in [5, 5.41) is 6.93. The third kappa shape index (κ3) is 5.18. The molecule has 0 aliphatic heterocycles.